The van der Waals surface area contributed by atoms with Crippen molar-refractivity contribution in [2.24, 2.45) is 0 Å². The standard InChI is InChI=1S/C20H25ClN6/c1-20(2,3)19-23-22-17-8-9-18(24-27(17)19)26-12-10-25(11-13-26)14-15-4-6-16(21)7-5-15/h4-9H,10-14H2,1-3H3. The van der Waals surface area contributed by atoms with Crippen LogP contribution in [0.25, 0.3) is 5.65 Å². The van der Waals surface area contributed by atoms with Crippen molar-refractivity contribution < 1.29 is 0 Å². The van der Waals surface area contributed by atoms with Crippen molar-refractivity contribution in [2.45, 2.75) is 32.7 Å². The van der Waals surface area contributed by atoms with Crippen LogP contribution in [0.3, 0.4) is 0 Å². The summed E-state index contributed by atoms with van der Waals surface area (Å²) in [7, 11) is 0. The van der Waals surface area contributed by atoms with Gasteiger partial charge in [0.1, 0.15) is 5.82 Å². The zero-order valence-electron chi connectivity index (χ0n) is 16.1. The Kier molecular flexibility index (Phi) is 4.78. The number of halogens is 1. The van der Waals surface area contributed by atoms with Crippen molar-refractivity contribution in [3.63, 3.8) is 0 Å². The molecule has 1 fully saturated rings. The molecular formula is C20H25ClN6. The normalized spacial score (nSPS) is 16.2. The maximum absolute atomic E-state index is 5.98. The van der Waals surface area contributed by atoms with E-state index in [0.717, 1.165) is 55.0 Å². The van der Waals surface area contributed by atoms with Crippen molar-refractivity contribution in [1.82, 2.24) is 24.7 Å². The predicted molar refractivity (Wildman–Crippen MR) is 108 cm³/mol. The highest BCUT2D eigenvalue weighted by atomic mass is 35.5. The fourth-order valence-corrected chi connectivity index (χ4v) is 3.52. The highest BCUT2D eigenvalue weighted by Crippen LogP contribution is 2.22. The number of aromatic nitrogens is 4. The summed E-state index contributed by atoms with van der Waals surface area (Å²) in [5.41, 5.74) is 2.00. The summed E-state index contributed by atoms with van der Waals surface area (Å²) in [5, 5.41) is 14.2. The van der Waals surface area contributed by atoms with E-state index < -0.39 is 0 Å². The fraction of sp³-hybridized carbons (Fsp3) is 0.450. The monoisotopic (exact) mass is 384 g/mol. The molecule has 0 amide bonds. The minimum atomic E-state index is -0.0949. The van der Waals surface area contributed by atoms with Gasteiger partial charge in [-0.1, -0.05) is 44.5 Å². The summed E-state index contributed by atoms with van der Waals surface area (Å²) in [5.74, 6) is 1.87. The van der Waals surface area contributed by atoms with Gasteiger partial charge in [0.25, 0.3) is 0 Å². The SMILES string of the molecule is CC(C)(C)c1nnc2ccc(N3CCN(Cc4ccc(Cl)cc4)CC3)nn12. The first-order chi connectivity index (χ1) is 12.9. The van der Waals surface area contributed by atoms with Gasteiger partial charge in [0.05, 0.1) is 0 Å². The first-order valence-electron chi connectivity index (χ1n) is 9.35. The number of rotatable bonds is 3. The van der Waals surface area contributed by atoms with Crippen LogP contribution in [0, 0.1) is 0 Å². The molecule has 0 saturated carbocycles. The Hall–Kier alpha value is -2.18. The number of piperazine rings is 1. The second kappa shape index (κ2) is 7.09. The topological polar surface area (TPSA) is 49.6 Å². The van der Waals surface area contributed by atoms with E-state index >= 15 is 0 Å². The lowest BCUT2D eigenvalue weighted by Crippen LogP contribution is -2.46. The summed E-state index contributed by atoms with van der Waals surface area (Å²) in [6.07, 6.45) is 0. The van der Waals surface area contributed by atoms with Gasteiger partial charge in [0.15, 0.2) is 11.5 Å². The summed E-state index contributed by atoms with van der Waals surface area (Å²) in [6, 6.07) is 12.2. The molecule has 0 atom stereocenters. The quantitative estimate of drug-likeness (QED) is 0.692. The molecule has 7 heteroatoms. The van der Waals surface area contributed by atoms with E-state index in [2.05, 4.69) is 52.9 Å². The van der Waals surface area contributed by atoms with E-state index in [9.17, 15) is 0 Å². The Morgan fingerprint density at radius 3 is 2.30 bits per heavy atom. The number of hydrogen-bond acceptors (Lipinski definition) is 5. The van der Waals surface area contributed by atoms with Gasteiger partial charge in [0, 0.05) is 43.2 Å². The molecule has 6 nitrogen and oxygen atoms in total. The number of benzene rings is 1. The Labute approximate surface area is 164 Å². The fourth-order valence-electron chi connectivity index (χ4n) is 3.40. The van der Waals surface area contributed by atoms with Gasteiger partial charge in [-0.05, 0) is 29.8 Å². The largest absolute Gasteiger partial charge is 0.353 e. The van der Waals surface area contributed by atoms with Crippen LogP contribution in [0.4, 0.5) is 5.82 Å². The van der Waals surface area contributed by atoms with Gasteiger partial charge in [-0.25, -0.2) is 0 Å². The van der Waals surface area contributed by atoms with E-state index in [1.54, 1.807) is 0 Å². The van der Waals surface area contributed by atoms with Crippen molar-refractivity contribution in [1.29, 1.82) is 0 Å². The van der Waals surface area contributed by atoms with E-state index in [0.29, 0.717) is 0 Å². The van der Waals surface area contributed by atoms with Gasteiger partial charge in [-0.3, -0.25) is 4.90 Å². The molecular weight excluding hydrogens is 360 g/mol. The predicted octanol–water partition coefficient (Wildman–Crippen LogP) is 3.40. The molecule has 27 heavy (non-hydrogen) atoms. The smallest absolute Gasteiger partial charge is 0.178 e. The van der Waals surface area contributed by atoms with Crippen molar-refractivity contribution in [3.8, 4) is 0 Å². The van der Waals surface area contributed by atoms with Gasteiger partial charge in [-0.15, -0.1) is 15.3 Å². The molecule has 3 heterocycles. The van der Waals surface area contributed by atoms with Crippen LogP contribution in [-0.4, -0.2) is 50.9 Å². The Morgan fingerprint density at radius 1 is 0.926 bits per heavy atom. The third kappa shape index (κ3) is 3.92. The molecule has 1 aliphatic heterocycles. The molecule has 0 bridgehead atoms. The van der Waals surface area contributed by atoms with Crippen LogP contribution in [-0.2, 0) is 12.0 Å². The van der Waals surface area contributed by atoms with Gasteiger partial charge >= 0.3 is 0 Å². The van der Waals surface area contributed by atoms with Crippen LogP contribution >= 0.6 is 11.6 Å². The molecule has 4 rings (SSSR count). The molecule has 1 saturated heterocycles. The number of nitrogens with zero attached hydrogens (tertiary/aromatic N) is 6. The van der Waals surface area contributed by atoms with E-state index in [1.807, 2.05) is 28.8 Å². The van der Waals surface area contributed by atoms with Gasteiger partial charge in [0.2, 0.25) is 0 Å². The lowest BCUT2D eigenvalue weighted by Gasteiger charge is -2.35. The zero-order valence-corrected chi connectivity index (χ0v) is 16.8. The van der Waals surface area contributed by atoms with E-state index in [1.165, 1.54) is 5.56 Å². The Morgan fingerprint density at radius 2 is 1.63 bits per heavy atom. The molecule has 1 aliphatic rings. The number of anilines is 1. The van der Waals surface area contributed by atoms with E-state index in [-0.39, 0.29) is 5.41 Å². The average molecular weight is 385 g/mol. The molecule has 3 aromatic rings. The molecule has 0 spiro atoms. The zero-order chi connectivity index (χ0) is 19.0. The summed E-state index contributed by atoms with van der Waals surface area (Å²) in [6.45, 7) is 11.3. The van der Waals surface area contributed by atoms with Crippen LogP contribution < -0.4 is 4.90 Å². The maximum atomic E-state index is 5.98. The maximum Gasteiger partial charge on any atom is 0.178 e. The highest BCUT2D eigenvalue weighted by Gasteiger charge is 2.23. The molecule has 0 radical (unpaired) electrons. The van der Waals surface area contributed by atoms with Crippen LogP contribution in [0.5, 0.6) is 0 Å². The third-order valence-electron chi connectivity index (χ3n) is 4.94. The first-order valence-corrected chi connectivity index (χ1v) is 9.73. The lowest BCUT2D eigenvalue weighted by atomic mass is 9.96. The third-order valence-corrected chi connectivity index (χ3v) is 5.19. The van der Waals surface area contributed by atoms with Gasteiger partial charge < -0.3 is 4.90 Å². The van der Waals surface area contributed by atoms with Gasteiger partial charge in [-0.2, -0.15) is 4.52 Å². The molecule has 1 aromatic carbocycles. The van der Waals surface area contributed by atoms with Crippen LogP contribution in [0.15, 0.2) is 36.4 Å². The Balaban J connectivity index is 1.45. The molecule has 0 unspecified atom stereocenters. The minimum absolute atomic E-state index is 0.0949. The van der Waals surface area contributed by atoms with Crippen molar-refractivity contribution in [3.05, 3.63) is 52.8 Å². The summed E-state index contributed by atoms with van der Waals surface area (Å²) < 4.78 is 1.88. The minimum Gasteiger partial charge on any atom is -0.353 e. The van der Waals surface area contributed by atoms with E-state index in [4.69, 9.17) is 16.7 Å². The van der Waals surface area contributed by atoms with Crippen molar-refractivity contribution >= 4 is 23.1 Å². The van der Waals surface area contributed by atoms with Crippen molar-refractivity contribution in [2.75, 3.05) is 31.1 Å². The first kappa shape index (κ1) is 18.2. The van der Waals surface area contributed by atoms with Crippen LogP contribution in [0.1, 0.15) is 32.2 Å². The molecule has 142 valence electrons. The second-order valence-electron chi connectivity index (χ2n) is 8.12. The Bertz CT molecular complexity index is 920. The van der Waals surface area contributed by atoms with Crippen LogP contribution in [0.2, 0.25) is 5.02 Å². The molecule has 0 aliphatic carbocycles. The summed E-state index contributed by atoms with van der Waals surface area (Å²) >= 11 is 5.98. The lowest BCUT2D eigenvalue weighted by molar-refractivity contribution is 0.249. The molecule has 2 aromatic heterocycles. The second-order valence-corrected chi connectivity index (χ2v) is 8.56. The highest BCUT2D eigenvalue weighted by molar-refractivity contribution is 6.30. The number of fused-ring (bicyclic) bond motifs is 1. The summed E-state index contributed by atoms with van der Waals surface area (Å²) in [4.78, 5) is 4.81. The average Bonchev–Trinajstić information content (AvgIpc) is 3.08. The molecule has 0 N–H and O–H groups in total. The number of hydrogen-bond donors (Lipinski definition) is 0.